The van der Waals surface area contributed by atoms with E-state index < -0.39 is 0 Å². The summed E-state index contributed by atoms with van der Waals surface area (Å²) in [6.07, 6.45) is 4.28. The van der Waals surface area contributed by atoms with Crippen LogP contribution in [0, 0.1) is 5.82 Å². The zero-order valence-corrected chi connectivity index (χ0v) is 16.5. The highest BCUT2D eigenvalue weighted by Gasteiger charge is 2.24. The molecule has 1 saturated heterocycles. The Kier molecular flexibility index (Phi) is 5.71. The lowest BCUT2D eigenvalue weighted by molar-refractivity contribution is -0.131. The number of para-hydroxylation sites is 1. The molecule has 150 valence electrons. The lowest BCUT2D eigenvalue weighted by Crippen LogP contribution is -2.47. The molecule has 1 aliphatic heterocycles. The molecular weight excluding hydrogens is 367 g/mol. The molecule has 6 heteroatoms. The van der Waals surface area contributed by atoms with Crippen molar-refractivity contribution in [2.45, 2.75) is 25.3 Å². The lowest BCUT2D eigenvalue weighted by Gasteiger charge is -2.32. The van der Waals surface area contributed by atoms with Crippen molar-refractivity contribution < 1.29 is 9.18 Å². The number of amides is 1. The Balaban J connectivity index is 1.64. The SMILES string of the molecule is CNC1CCCN(C(=O)Cc2cn(-c3ccccc3)nc2-c2ccc(F)cc2)C1. The zero-order chi connectivity index (χ0) is 20.2. The Morgan fingerprint density at radius 3 is 2.66 bits per heavy atom. The first kappa shape index (κ1) is 19.3. The van der Waals surface area contributed by atoms with Gasteiger partial charge in [-0.05, 0) is 56.3 Å². The van der Waals surface area contributed by atoms with Crippen LogP contribution in [0.15, 0.2) is 60.8 Å². The number of hydrogen-bond donors (Lipinski definition) is 1. The van der Waals surface area contributed by atoms with Crippen molar-refractivity contribution in [2.24, 2.45) is 0 Å². The monoisotopic (exact) mass is 392 g/mol. The van der Waals surface area contributed by atoms with Crippen LogP contribution >= 0.6 is 0 Å². The number of halogens is 1. The second-order valence-corrected chi connectivity index (χ2v) is 7.43. The minimum absolute atomic E-state index is 0.0981. The van der Waals surface area contributed by atoms with E-state index in [1.165, 1.54) is 12.1 Å². The van der Waals surface area contributed by atoms with Gasteiger partial charge in [0.1, 0.15) is 5.82 Å². The van der Waals surface area contributed by atoms with Gasteiger partial charge in [-0.25, -0.2) is 9.07 Å². The van der Waals surface area contributed by atoms with Gasteiger partial charge in [0.25, 0.3) is 0 Å². The van der Waals surface area contributed by atoms with E-state index in [0.717, 1.165) is 42.7 Å². The topological polar surface area (TPSA) is 50.2 Å². The Morgan fingerprint density at radius 2 is 1.93 bits per heavy atom. The van der Waals surface area contributed by atoms with Gasteiger partial charge in [-0.15, -0.1) is 0 Å². The smallest absolute Gasteiger partial charge is 0.227 e. The molecule has 1 unspecified atom stereocenters. The third-order valence-corrected chi connectivity index (χ3v) is 5.45. The summed E-state index contributed by atoms with van der Waals surface area (Å²) < 4.78 is 15.2. The molecule has 0 spiro atoms. The summed E-state index contributed by atoms with van der Waals surface area (Å²) in [5.74, 6) is -0.193. The second-order valence-electron chi connectivity index (χ2n) is 7.43. The van der Waals surface area contributed by atoms with E-state index in [4.69, 9.17) is 5.10 Å². The number of likely N-dealkylation sites (N-methyl/N-ethyl adjacent to an activating group) is 1. The fraction of sp³-hybridized carbons (Fsp3) is 0.304. The second kappa shape index (κ2) is 8.57. The predicted octanol–water partition coefficient (Wildman–Crippen LogP) is 3.43. The third kappa shape index (κ3) is 4.38. The summed E-state index contributed by atoms with van der Waals surface area (Å²) in [5, 5.41) is 8.00. The van der Waals surface area contributed by atoms with E-state index >= 15 is 0 Å². The molecule has 1 N–H and O–H groups in total. The normalized spacial score (nSPS) is 16.8. The van der Waals surface area contributed by atoms with Crippen molar-refractivity contribution >= 4 is 5.91 Å². The molecule has 2 aromatic carbocycles. The summed E-state index contributed by atoms with van der Waals surface area (Å²) in [5.41, 5.74) is 3.28. The number of piperidine rings is 1. The highest BCUT2D eigenvalue weighted by Crippen LogP contribution is 2.25. The number of likely N-dealkylation sites (tertiary alicyclic amines) is 1. The maximum atomic E-state index is 13.4. The molecule has 0 radical (unpaired) electrons. The molecule has 29 heavy (non-hydrogen) atoms. The van der Waals surface area contributed by atoms with Gasteiger partial charge in [-0.3, -0.25) is 4.79 Å². The number of carbonyl (C=O) groups is 1. The molecule has 1 amide bonds. The van der Waals surface area contributed by atoms with Crippen LogP contribution in [0.1, 0.15) is 18.4 Å². The summed E-state index contributed by atoms with van der Waals surface area (Å²) in [7, 11) is 1.94. The molecular formula is C23H25FN4O. The van der Waals surface area contributed by atoms with Gasteiger partial charge in [0.2, 0.25) is 5.91 Å². The predicted molar refractivity (Wildman–Crippen MR) is 111 cm³/mol. The summed E-state index contributed by atoms with van der Waals surface area (Å²) in [4.78, 5) is 14.9. The summed E-state index contributed by atoms with van der Waals surface area (Å²) >= 11 is 0. The third-order valence-electron chi connectivity index (χ3n) is 5.45. The average Bonchev–Trinajstić information content (AvgIpc) is 3.18. The van der Waals surface area contributed by atoms with Crippen molar-refractivity contribution in [3.63, 3.8) is 0 Å². The maximum Gasteiger partial charge on any atom is 0.227 e. The van der Waals surface area contributed by atoms with Crippen molar-refractivity contribution in [3.05, 3.63) is 72.2 Å². The number of benzene rings is 2. The minimum atomic E-state index is -0.291. The number of hydrogen-bond acceptors (Lipinski definition) is 3. The fourth-order valence-electron chi connectivity index (χ4n) is 3.82. The van der Waals surface area contributed by atoms with Gasteiger partial charge in [-0.1, -0.05) is 18.2 Å². The zero-order valence-electron chi connectivity index (χ0n) is 16.5. The van der Waals surface area contributed by atoms with E-state index in [-0.39, 0.29) is 18.1 Å². The lowest BCUT2D eigenvalue weighted by atomic mass is 10.0. The van der Waals surface area contributed by atoms with Gasteiger partial charge in [0, 0.05) is 36.5 Å². The first-order chi connectivity index (χ1) is 14.1. The number of nitrogens with zero attached hydrogens (tertiary/aromatic N) is 3. The van der Waals surface area contributed by atoms with E-state index in [2.05, 4.69) is 5.32 Å². The molecule has 4 rings (SSSR count). The largest absolute Gasteiger partial charge is 0.341 e. The van der Waals surface area contributed by atoms with Crippen molar-refractivity contribution in [3.8, 4) is 16.9 Å². The molecule has 0 aliphatic carbocycles. The Bertz CT molecular complexity index is 968. The molecule has 1 aromatic heterocycles. The fourth-order valence-corrected chi connectivity index (χ4v) is 3.82. The number of nitrogens with one attached hydrogen (secondary N) is 1. The molecule has 0 bridgehead atoms. The molecule has 1 atom stereocenters. The molecule has 2 heterocycles. The van der Waals surface area contributed by atoms with Crippen LogP contribution in [0.5, 0.6) is 0 Å². The first-order valence-corrected chi connectivity index (χ1v) is 9.99. The molecule has 1 aliphatic rings. The van der Waals surface area contributed by atoms with Crippen LogP contribution in [0.25, 0.3) is 16.9 Å². The average molecular weight is 392 g/mol. The van der Waals surface area contributed by atoms with E-state index in [1.807, 2.05) is 48.5 Å². The van der Waals surface area contributed by atoms with Crippen molar-refractivity contribution in [1.82, 2.24) is 20.0 Å². The van der Waals surface area contributed by atoms with E-state index in [9.17, 15) is 9.18 Å². The van der Waals surface area contributed by atoms with Gasteiger partial charge < -0.3 is 10.2 Å². The van der Waals surface area contributed by atoms with Crippen LogP contribution in [-0.4, -0.2) is 46.8 Å². The van der Waals surface area contributed by atoms with Gasteiger partial charge in [0.15, 0.2) is 0 Å². The van der Waals surface area contributed by atoms with Crippen LogP contribution in [0.3, 0.4) is 0 Å². The van der Waals surface area contributed by atoms with Gasteiger partial charge >= 0.3 is 0 Å². The number of carbonyl (C=O) groups excluding carboxylic acids is 1. The van der Waals surface area contributed by atoms with Crippen LogP contribution in [-0.2, 0) is 11.2 Å². The highest BCUT2D eigenvalue weighted by atomic mass is 19.1. The Hall–Kier alpha value is -2.99. The summed E-state index contributed by atoms with van der Waals surface area (Å²) in [6, 6.07) is 16.4. The van der Waals surface area contributed by atoms with Crippen molar-refractivity contribution in [1.29, 1.82) is 0 Å². The summed E-state index contributed by atoms with van der Waals surface area (Å²) in [6.45, 7) is 1.52. The quantitative estimate of drug-likeness (QED) is 0.724. The van der Waals surface area contributed by atoms with Gasteiger partial charge in [0.05, 0.1) is 17.8 Å². The molecule has 3 aromatic rings. The Morgan fingerprint density at radius 1 is 1.17 bits per heavy atom. The number of aromatic nitrogens is 2. The maximum absolute atomic E-state index is 13.4. The van der Waals surface area contributed by atoms with E-state index in [1.54, 1.807) is 16.8 Å². The number of rotatable bonds is 5. The highest BCUT2D eigenvalue weighted by molar-refractivity contribution is 5.81. The minimum Gasteiger partial charge on any atom is -0.341 e. The van der Waals surface area contributed by atoms with E-state index in [0.29, 0.717) is 11.7 Å². The van der Waals surface area contributed by atoms with Gasteiger partial charge in [-0.2, -0.15) is 5.10 Å². The molecule has 1 fully saturated rings. The standard InChI is InChI=1S/C23H25FN4O/c1-25-20-6-5-13-27(16-20)22(29)14-18-15-28(21-7-3-2-4-8-21)26-23(18)17-9-11-19(24)12-10-17/h2-4,7-12,15,20,25H,5-6,13-14,16H2,1H3. The first-order valence-electron chi connectivity index (χ1n) is 9.99. The van der Waals surface area contributed by atoms with Crippen LogP contribution in [0.4, 0.5) is 4.39 Å². The van der Waals surface area contributed by atoms with Crippen molar-refractivity contribution in [2.75, 3.05) is 20.1 Å². The van der Waals surface area contributed by atoms with Crippen LogP contribution in [0.2, 0.25) is 0 Å². The molecule has 0 saturated carbocycles. The molecule has 5 nitrogen and oxygen atoms in total. The Labute approximate surface area is 170 Å². The van der Waals surface area contributed by atoms with Crippen LogP contribution < -0.4 is 5.32 Å².